The number of nitroso groups, excluding NO2 is 1. The van der Waals surface area contributed by atoms with Gasteiger partial charge in [-0.2, -0.15) is 0 Å². The normalized spacial score (nSPS) is 9.69. The Hall–Kier alpha value is -1.12. The van der Waals surface area contributed by atoms with Crippen LogP contribution in [0.5, 0.6) is 5.75 Å². The molecular weight excluding hydrogens is 324 g/mol. The molecule has 0 aliphatic rings. The fourth-order valence-electron chi connectivity index (χ4n) is 1.29. The monoisotopic (exact) mass is 333 g/mol. The fourth-order valence-corrected chi connectivity index (χ4v) is 1.86. The van der Waals surface area contributed by atoms with E-state index in [0.717, 1.165) is 3.57 Å². The van der Waals surface area contributed by atoms with Crippen molar-refractivity contribution in [3.63, 3.8) is 0 Å². The van der Waals surface area contributed by atoms with Gasteiger partial charge in [0.25, 0.3) is 0 Å². The van der Waals surface area contributed by atoms with Gasteiger partial charge in [0, 0.05) is 3.57 Å². The maximum absolute atomic E-state index is 11.5. The van der Waals surface area contributed by atoms with Crippen LogP contribution in [-0.4, -0.2) is 28.0 Å². The van der Waals surface area contributed by atoms with Gasteiger partial charge < -0.3 is 9.47 Å². The number of carbonyl (C=O) groups is 1. The smallest absolute Gasteiger partial charge is 0.341 e. The van der Waals surface area contributed by atoms with Crippen molar-refractivity contribution in [2.45, 2.75) is 0 Å². The summed E-state index contributed by atoms with van der Waals surface area (Å²) in [4.78, 5) is 22.2. The molecule has 0 saturated carbocycles. The second kappa shape index (κ2) is 5.28. The third-order valence-corrected chi connectivity index (χ3v) is 3.27. The largest absolute Gasteiger partial charge is 0.493 e. The zero-order chi connectivity index (χ0) is 12.3. The molecule has 0 fully saturated rings. The van der Waals surface area contributed by atoms with Crippen LogP contribution in [0.2, 0.25) is 0 Å². The van der Waals surface area contributed by atoms with Gasteiger partial charge in [-0.05, 0) is 39.3 Å². The van der Waals surface area contributed by atoms with Crippen LogP contribution in [0.15, 0.2) is 11.2 Å². The van der Waals surface area contributed by atoms with Gasteiger partial charge in [0.2, 0.25) is 0 Å². The molecule has 0 bridgehead atoms. The van der Waals surface area contributed by atoms with Crippen LogP contribution >= 0.6 is 22.6 Å². The summed E-state index contributed by atoms with van der Waals surface area (Å²) < 4.78 is 10.4. The lowest BCUT2D eigenvalue weighted by atomic mass is 9.92. The SMILES string of the molecule is Bc1c(I)cc(C(=O)OC)c(OC)c1N=O. The minimum Gasteiger partial charge on any atom is -0.493 e. The molecule has 0 N–H and O–H groups in total. The van der Waals surface area contributed by atoms with Crippen LogP contribution in [0.25, 0.3) is 0 Å². The van der Waals surface area contributed by atoms with Gasteiger partial charge in [-0.1, -0.05) is 0 Å². The van der Waals surface area contributed by atoms with E-state index < -0.39 is 5.97 Å². The van der Waals surface area contributed by atoms with Crippen molar-refractivity contribution < 1.29 is 14.3 Å². The highest BCUT2D eigenvalue weighted by atomic mass is 127. The highest BCUT2D eigenvalue weighted by Crippen LogP contribution is 2.31. The summed E-state index contributed by atoms with van der Waals surface area (Å²) in [6.07, 6.45) is 0. The Bertz CT molecular complexity index is 450. The van der Waals surface area contributed by atoms with Crippen LogP contribution in [0.1, 0.15) is 10.4 Å². The predicted octanol–water partition coefficient (Wildman–Crippen LogP) is 0.743. The van der Waals surface area contributed by atoms with Crippen molar-refractivity contribution in [2.24, 2.45) is 5.18 Å². The molecule has 0 aliphatic heterocycles. The van der Waals surface area contributed by atoms with Crippen molar-refractivity contribution in [3.8, 4) is 5.75 Å². The van der Waals surface area contributed by atoms with Crippen molar-refractivity contribution in [3.05, 3.63) is 20.1 Å². The molecule has 0 amide bonds. The third kappa shape index (κ3) is 2.18. The molecule has 7 heteroatoms. The summed E-state index contributed by atoms with van der Waals surface area (Å²) in [5.41, 5.74) is 1.02. The van der Waals surface area contributed by atoms with Gasteiger partial charge in [-0.15, -0.1) is 4.91 Å². The highest BCUT2D eigenvalue weighted by Gasteiger charge is 2.21. The van der Waals surface area contributed by atoms with Gasteiger partial charge in [0.05, 0.1) is 14.2 Å². The molecule has 0 aliphatic carbocycles. The molecule has 5 nitrogen and oxygen atoms in total. The van der Waals surface area contributed by atoms with Crippen molar-refractivity contribution in [1.82, 2.24) is 0 Å². The molecular formula is C9H9BINO4. The lowest BCUT2D eigenvalue weighted by molar-refractivity contribution is 0.0597. The number of methoxy groups -OCH3 is 2. The molecule has 0 spiro atoms. The summed E-state index contributed by atoms with van der Waals surface area (Å²) >= 11 is 2.02. The Morgan fingerprint density at radius 1 is 1.50 bits per heavy atom. The minimum atomic E-state index is -0.556. The van der Waals surface area contributed by atoms with Crippen LogP contribution < -0.4 is 10.2 Å². The van der Waals surface area contributed by atoms with Crippen molar-refractivity contribution in [1.29, 1.82) is 0 Å². The van der Waals surface area contributed by atoms with E-state index in [2.05, 4.69) is 9.91 Å². The summed E-state index contributed by atoms with van der Waals surface area (Å²) in [7, 11) is 4.38. The van der Waals surface area contributed by atoms with E-state index >= 15 is 0 Å². The van der Waals surface area contributed by atoms with Gasteiger partial charge in [-0.3, -0.25) is 0 Å². The standard InChI is InChI=1S/C9H9BINO4/c1-15-8-4(9(13)16-2)3-5(11)6(10)7(8)12-14/h3H,10H2,1-2H3. The first-order chi connectivity index (χ1) is 7.56. The van der Waals surface area contributed by atoms with Crippen molar-refractivity contribution >= 4 is 47.6 Å². The van der Waals surface area contributed by atoms with Crippen LogP contribution in [-0.2, 0) is 4.74 Å². The lowest BCUT2D eigenvalue weighted by Crippen LogP contribution is -2.14. The molecule has 16 heavy (non-hydrogen) atoms. The highest BCUT2D eigenvalue weighted by molar-refractivity contribution is 14.1. The number of carbonyl (C=O) groups excluding carboxylic acids is 1. The molecule has 0 heterocycles. The summed E-state index contributed by atoms with van der Waals surface area (Å²) in [5.74, 6) is -0.403. The first-order valence-corrected chi connectivity index (χ1v) is 5.43. The molecule has 84 valence electrons. The van der Waals surface area contributed by atoms with E-state index in [1.165, 1.54) is 14.2 Å². The predicted molar refractivity (Wildman–Crippen MR) is 70.7 cm³/mol. The van der Waals surface area contributed by atoms with E-state index in [9.17, 15) is 9.70 Å². The maximum atomic E-state index is 11.5. The fraction of sp³-hybridized carbons (Fsp3) is 0.222. The zero-order valence-corrected chi connectivity index (χ0v) is 11.2. The van der Waals surface area contributed by atoms with E-state index in [0.29, 0.717) is 5.46 Å². The molecule has 0 aromatic heterocycles. The number of benzene rings is 1. The second-order valence-corrected chi connectivity index (χ2v) is 4.16. The van der Waals surface area contributed by atoms with Crippen LogP contribution in [0, 0.1) is 8.48 Å². The number of rotatable bonds is 3. The van der Waals surface area contributed by atoms with E-state index in [1.807, 2.05) is 22.6 Å². The third-order valence-electron chi connectivity index (χ3n) is 2.14. The molecule has 0 radical (unpaired) electrons. The number of hydrogen-bond donors (Lipinski definition) is 0. The Morgan fingerprint density at radius 3 is 2.56 bits per heavy atom. The van der Waals surface area contributed by atoms with E-state index in [1.54, 1.807) is 13.9 Å². The van der Waals surface area contributed by atoms with E-state index in [4.69, 9.17) is 4.74 Å². The summed E-state index contributed by atoms with van der Waals surface area (Å²) in [6, 6.07) is 1.61. The Kier molecular flexibility index (Phi) is 4.28. The number of hydrogen-bond acceptors (Lipinski definition) is 5. The Labute approximate surface area is 107 Å². The van der Waals surface area contributed by atoms with Gasteiger partial charge in [0.15, 0.2) is 5.75 Å². The number of nitrogens with zero attached hydrogens (tertiary/aromatic N) is 1. The topological polar surface area (TPSA) is 65.0 Å². The van der Waals surface area contributed by atoms with Crippen LogP contribution in [0.4, 0.5) is 5.69 Å². The zero-order valence-electron chi connectivity index (χ0n) is 9.04. The quantitative estimate of drug-likeness (QED) is 0.354. The average Bonchev–Trinajstić information content (AvgIpc) is 2.30. The molecule has 0 unspecified atom stereocenters. The number of halogens is 1. The van der Waals surface area contributed by atoms with Gasteiger partial charge >= 0.3 is 5.97 Å². The lowest BCUT2D eigenvalue weighted by Gasteiger charge is -2.11. The Morgan fingerprint density at radius 2 is 2.12 bits per heavy atom. The summed E-state index contributed by atoms with van der Waals surface area (Å²) in [6.45, 7) is 0. The maximum Gasteiger partial charge on any atom is 0.341 e. The van der Waals surface area contributed by atoms with Crippen LogP contribution in [0.3, 0.4) is 0 Å². The number of esters is 1. The van der Waals surface area contributed by atoms with Crippen molar-refractivity contribution in [2.75, 3.05) is 14.2 Å². The van der Waals surface area contributed by atoms with Gasteiger partial charge in [-0.25, -0.2) is 4.79 Å². The first-order valence-electron chi connectivity index (χ1n) is 4.35. The summed E-state index contributed by atoms with van der Waals surface area (Å²) in [5, 5.41) is 2.89. The molecule has 1 aromatic carbocycles. The first kappa shape index (κ1) is 13.0. The molecule has 1 rings (SSSR count). The molecule has 0 saturated heterocycles. The Balaban J connectivity index is 3.56. The molecule has 1 aromatic rings. The van der Waals surface area contributed by atoms with E-state index in [-0.39, 0.29) is 17.0 Å². The van der Waals surface area contributed by atoms with Gasteiger partial charge in [0.1, 0.15) is 19.1 Å². The average molecular weight is 333 g/mol. The second-order valence-electron chi connectivity index (χ2n) is 3.00. The number of ether oxygens (including phenoxy) is 2. The minimum absolute atomic E-state index is 0.134. The molecule has 0 atom stereocenters.